The molecule has 3 N–H and O–H groups in total. The normalized spacial score (nSPS) is 17.2. The minimum absolute atomic E-state index is 0.0807. The lowest BCUT2D eigenvalue weighted by atomic mass is 9.96. The molecule has 2 aliphatic rings. The van der Waals surface area contributed by atoms with E-state index in [2.05, 4.69) is 55.4 Å². The number of nitrogens with zero attached hydrogens (tertiary/aromatic N) is 7. The quantitative estimate of drug-likeness (QED) is 0.594. The number of aryl methyl sites for hydroxylation is 1. The number of amides is 2. The van der Waals surface area contributed by atoms with E-state index >= 15 is 0 Å². The van der Waals surface area contributed by atoms with Crippen LogP contribution in [0.15, 0.2) is 36.5 Å². The zero-order valence-electron chi connectivity index (χ0n) is 20.6. The molecule has 1 atom stereocenters. The summed E-state index contributed by atoms with van der Waals surface area (Å²) in [6.45, 7) is 7.00. The van der Waals surface area contributed by atoms with E-state index < -0.39 is 0 Å². The van der Waals surface area contributed by atoms with Gasteiger partial charge in [-0.3, -0.25) is 4.68 Å². The average molecular weight is 476 g/mol. The Balaban J connectivity index is 1.32. The van der Waals surface area contributed by atoms with Gasteiger partial charge in [0.2, 0.25) is 5.95 Å². The van der Waals surface area contributed by atoms with Crippen molar-refractivity contribution in [1.82, 2.24) is 34.9 Å². The molecule has 2 aromatic heterocycles. The molecule has 0 spiro atoms. The lowest BCUT2D eigenvalue weighted by Gasteiger charge is -2.33. The number of anilines is 2. The average Bonchev–Trinajstić information content (AvgIpc) is 3.30. The number of fused-ring (bicyclic) bond motifs is 1. The number of aromatic nitrogens is 4. The fraction of sp³-hybridized carbons (Fsp3) is 0.440. The monoisotopic (exact) mass is 475 g/mol. The lowest BCUT2D eigenvalue weighted by Crippen LogP contribution is -2.44. The van der Waals surface area contributed by atoms with Gasteiger partial charge in [-0.1, -0.05) is 12.1 Å². The van der Waals surface area contributed by atoms with Gasteiger partial charge in [-0.25, -0.2) is 9.78 Å². The van der Waals surface area contributed by atoms with E-state index in [1.165, 1.54) is 5.56 Å². The summed E-state index contributed by atoms with van der Waals surface area (Å²) in [7, 11) is 4.00. The maximum atomic E-state index is 13.0. The van der Waals surface area contributed by atoms with Crippen molar-refractivity contribution in [3.8, 4) is 11.3 Å². The van der Waals surface area contributed by atoms with Gasteiger partial charge in [0.25, 0.3) is 0 Å². The van der Waals surface area contributed by atoms with Crippen LogP contribution < -0.4 is 16.0 Å². The minimum atomic E-state index is -0.159. The van der Waals surface area contributed by atoms with E-state index in [0.29, 0.717) is 13.1 Å². The Morgan fingerprint density at radius 3 is 2.57 bits per heavy atom. The Morgan fingerprint density at radius 1 is 1.03 bits per heavy atom. The van der Waals surface area contributed by atoms with Crippen LogP contribution in [0.5, 0.6) is 0 Å². The van der Waals surface area contributed by atoms with Gasteiger partial charge in [-0.2, -0.15) is 10.1 Å². The van der Waals surface area contributed by atoms with Gasteiger partial charge in [0.15, 0.2) is 0 Å². The SMILES string of the molecule is CC(NC(=O)N1CCc2ccc(-c3cc(N4CCN(C)CC4)nc(N)n3)cc2C1)c1ccn(C)n1. The fourth-order valence-electron chi connectivity index (χ4n) is 4.70. The number of carbonyl (C=O) groups excluding carboxylic acids is 1. The molecule has 3 aromatic rings. The molecule has 184 valence electrons. The second kappa shape index (κ2) is 9.53. The predicted octanol–water partition coefficient (Wildman–Crippen LogP) is 2.04. The van der Waals surface area contributed by atoms with Crippen LogP contribution in [-0.4, -0.2) is 75.4 Å². The topological polar surface area (TPSA) is 108 Å². The number of likely N-dealkylation sites (N-methyl/N-ethyl adjacent to an activating group) is 1. The molecule has 35 heavy (non-hydrogen) atoms. The van der Waals surface area contributed by atoms with Gasteiger partial charge < -0.3 is 25.8 Å². The standard InChI is InChI=1S/C25H33N9O/c1-17(21-7-8-32(3)30-21)27-25(35)34-9-6-18-4-5-19(14-20(18)16-34)22-15-23(29-24(26)28-22)33-12-10-31(2)11-13-33/h4-5,7-8,14-15,17H,6,9-13,16H2,1-3H3,(H,27,35)(H2,26,28,29). The third kappa shape index (κ3) is 5.07. The first-order chi connectivity index (χ1) is 16.9. The first kappa shape index (κ1) is 23.1. The smallest absolute Gasteiger partial charge is 0.318 e. The molecule has 4 heterocycles. The van der Waals surface area contributed by atoms with E-state index in [9.17, 15) is 4.79 Å². The molecular formula is C25H33N9O. The zero-order chi connectivity index (χ0) is 24.5. The number of benzene rings is 1. The summed E-state index contributed by atoms with van der Waals surface area (Å²) in [6, 6.07) is 10.1. The molecule has 2 amide bonds. The van der Waals surface area contributed by atoms with Crippen molar-refractivity contribution in [1.29, 1.82) is 0 Å². The Bertz CT molecular complexity index is 1220. The summed E-state index contributed by atoms with van der Waals surface area (Å²) in [5.41, 5.74) is 11.1. The fourth-order valence-corrected chi connectivity index (χ4v) is 4.70. The Morgan fingerprint density at radius 2 is 1.83 bits per heavy atom. The largest absolute Gasteiger partial charge is 0.368 e. The predicted molar refractivity (Wildman–Crippen MR) is 136 cm³/mol. The number of hydrogen-bond donors (Lipinski definition) is 2. The Hall–Kier alpha value is -3.66. The van der Waals surface area contributed by atoms with Crippen LogP contribution in [0.25, 0.3) is 11.3 Å². The van der Waals surface area contributed by atoms with E-state index in [1.54, 1.807) is 4.68 Å². The van der Waals surface area contributed by atoms with E-state index in [0.717, 1.165) is 60.9 Å². The van der Waals surface area contributed by atoms with Crippen molar-refractivity contribution in [2.75, 3.05) is 50.4 Å². The second-order valence-corrected chi connectivity index (χ2v) is 9.50. The van der Waals surface area contributed by atoms with Crippen LogP contribution in [-0.2, 0) is 20.0 Å². The number of nitrogens with one attached hydrogen (secondary N) is 1. The molecule has 1 unspecified atom stereocenters. The van der Waals surface area contributed by atoms with Crippen LogP contribution >= 0.6 is 0 Å². The summed E-state index contributed by atoms with van der Waals surface area (Å²) in [5.74, 6) is 1.14. The van der Waals surface area contributed by atoms with E-state index in [1.807, 2.05) is 37.2 Å². The number of urea groups is 1. The van der Waals surface area contributed by atoms with Crippen LogP contribution in [0.3, 0.4) is 0 Å². The summed E-state index contributed by atoms with van der Waals surface area (Å²) >= 11 is 0. The Labute approximate surface area is 205 Å². The van der Waals surface area contributed by atoms with Gasteiger partial charge in [-0.05, 0) is 43.7 Å². The summed E-state index contributed by atoms with van der Waals surface area (Å²) in [4.78, 5) is 28.4. The molecular weight excluding hydrogens is 442 g/mol. The molecule has 1 aromatic carbocycles. The van der Waals surface area contributed by atoms with Crippen molar-refractivity contribution in [2.24, 2.45) is 7.05 Å². The minimum Gasteiger partial charge on any atom is -0.368 e. The van der Waals surface area contributed by atoms with Gasteiger partial charge in [0.1, 0.15) is 5.82 Å². The highest BCUT2D eigenvalue weighted by atomic mass is 16.2. The first-order valence-electron chi connectivity index (χ1n) is 12.1. The van der Waals surface area contributed by atoms with E-state index in [4.69, 9.17) is 5.73 Å². The van der Waals surface area contributed by atoms with Crippen molar-refractivity contribution < 1.29 is 4.79 Å². The number of hydrogen-bond acceptors (Lipinski definition) is 7. The molecule has 1 saturated heterocycles. The molecule has 5 rings (SSSR count). The molecule has 0 radical (unpaired) electrons. The molecule has 0 bridgehead atoms. The van der Waals surface area contributed by atoms with Crippen molar-refractivity contribution in [3.63, 3.8) is 0 Å². The number of nitrogen functional groups attached to an aromatic ring is 1. The summed E-state index contributed by atoms with van der Waals surface area (Å²) < 4.78 is 1.74. The Kier molecular flexibility index (Phi) is 6.29. The molecule has 0 aliphatic carbocycles. The van der Waals surface area contributed by atoms with Gasteiger partial charge in [0.05, 0.1) is 17.4 Å². The molecule has 2 aliphatic heterocycles. The highest BCUT2D eigenvalue weighted by Crippen LogP contribution is 2.28. The summed E-state index contributed by atoms with van der Waals surface area (Å²) in [6.07, 6.45) is 2.70. The van der Waals surface area contributed by atoms with Gasteiger partial charge >= 0.3 is 6.03 Å². The summed E-state index contributed by atoms with van der Waals surface area (Å²) in [5, 5.41) is 7.47. The van der Waals surface area contributed by atoms with Crippen LogP contribution in [0.4, 0.5) is 16.6 Å². The highest BCUT2D eigenvalue weighted by molar-refractivity contribution is 5.75. The third-order valence-corrected chi connectivity index (χ3v) is 6.88. The molecule has 1 fully saturated rings. The van der Waals surface area contributed by atoms with Crippen molar-refractivity contribution >= 4 is 17.8 Å². The number of piperazine rings is 1. The maximum Gasteiger partial charge on any atom is 0.318 e. The first-order valence-corrected chi connectivity index (χ1v) is 12.1. The van der Waals surface area contributed by atoms with Crippen molar-refractivity contribution in [2.45, 2.75) is 25.9 Å². The molecule has 0 saturated carbocycles. The van der Waals surface area contributed by atoms with E-state index in [-0.39, 0.29) is 18.0 Å². The third-order valence-electron chi connectivity index (χ3n) is 6.88. The molecule has 10 heteroatoms. The number of rotatable bonds is 4. The highest BCUT2D eigenvalue weighted by Gasteiger charge is 2.24. The zero-order valence-corrected chi connectivity index (χ0v) is 20.6. The van der Waals surface area contributed by atoms with Gasteiger partial charge in [-0.15, -0.1) is 0 Å². The molecule has 10 nitrogen and oxygen atoms in total. The number of nitrogens with two attached hydrogens (primary N) is 1. The van der Waals surface area contributed by atoms with Crippen LogP contribution in [0, 0.1) is 0 Å². The lowest BCUT2D eigenvalue weighted by molar-refractivity contribution is 0.189. The van der Waals surface area contributed by atoms with Gasteiger partial charge in [0, 0.05) is 64.1 Å². The van der Waals surface area contributed by atoms with Crippen LogP contribution in [0.1, 0.15) is 29.8 Å². The number of carbonyl (C=O) groups is 1. The maximum absolute atomic E-state index is 13.0. The second-order valence-electron chi connectivity index (χ2n) is 9.50. The van der Waals surface area contributed by atoms with Crippen LogP contribution in [0.2, 0.25) is 0 Å². The van der Waals surface area contributed by atoms with Crippen molar-refractivity contribution in [3.05, 3.63) is 53.3 Å².